The number of imidazole rings is 1. The molecule has 3 aromatic rings. The molecular formula is C15H18N4. The second-order valence-corrected chi connectivity index (χ2v) is 4.85. The topological polar surface area (TPSA) is 48.8 Å². The van der Waals surface area contributed by atoms with Crippen LogP contribution in [-0.4, -0.2) is 14.1 Å². The Morgan fingerprint density at radius 1 is 1.21 bits per heavy atom. The number of anilines is 1. The number of rotatable bonds is 2. The number of para-hydroxylation sites is 1. The molecule has 0 bridgehead atoms. The van der Waals surface area contributed by atoms with Gasteiger partial charge in [-0.15, -0.1) is 0 Å². The second-order valence-electron chi connectivity index (χ2n) is 4.85. The first-order valence-electron chi connectivity index (χ1n) is 6.49. The standard InChI is InChI=1S/C15H18N4/c1-4-12-14(16)19(3)15(17-12)11-9-18(2)13-8-6-5-7-10(11)13/h5-9H,4,16H2,1-3H3. The zero-order valence-corrected chi connectivity index (χ0v) is 11.5. The number of nitrogens with two attached hydrogens (primary N) is 1. The molecule has 0 saturated carbocycles. The number of benzene rings is 1. The van der Waals surface area contributed by atoms with Gasteiger partial charge in [0.2, 0.25) is 0 Å². The Bertz CT molecular complexity index is 749. The summed E-state index contributed by atoms with van der Waals surface area (Å²) in [6.45, 7) is 2.07. The number of nitrogens with zero attached hydrogens (tertiary/aromatic N) is 3. The largest absolute Gasteiger partial charge is 0.384 e. The molecule has 0 unspecified atom stereocenters. The van der Waals surface area contributed by atoms with Crippen molar-refractivity contribution in [2.75, 3.05) is 5.73 Å². The smallest absolute Gasteiger partial charge is 0.143 e. The predicted octanol–water partition coefficient (Wildman–Crippen LogP) is 2.72. The number of fused-ring (bicyclic) bond motifs is 1. The van der Waals surface area contributed by atoms with Crippen molar-refractivity contribution in [1.29, 1.82) is 0 Å². The lowest BCUT2D eigenvalue weighted by Crippen LogP contribution is -1.99. The maximum absolute atomic E-state index is 6.10. The summed E-state index contributed by atoms with van der Waals surface area (Å²) in [5, 5.41) is 1.21. The van der Waals surface area contributed by atoms with Gasteiger partial charge in [0, 0.05) is 36.8 Å². The molecule has 0 aliphatic carbocycles. The molecule has 0 atom stereocenters. The van der Waals surface area contributed by atoms with Gasteiger partial charge in [0.05, 0.1) is 5.69 Å². The minimum Gasteiger partial charge on any atom is -0.384 e. The van der Waals surface area contributed by atoms with Crippen LogP contribution in [0.4, 0.5) is 5.82 Å². The minimum absolute atomic E-state index is 0.755. The van der Waals surface area contributed by atoms with E-state index in [2.05, 4.69) is 54.0 Å². The van der Waals surface area contributed by atoms with E-state index in [1.54, 1.807) is 0 Å². The van der Waals surface area contributed by atoms with Crippen molar-refractivity contribution >= 4 is 16.7 Å². The van der Waals surface area contributed by atoms with Crippen LogP contribution in [0.2, 0.25) is 0 Å². The van der Waals surface area contributed by atoms with Gasteiger partial charge < -0.3 is 14.9 Å². The minimum atomic E-state index is 0.755. The van der Waals surface area contributed by atoms with E-state index in [1.165, 1.54) is 10.9 Å². The average molecular weight is 254 g/mol. The highest BCUT2D eigenvalue weighted by Gasteiger charge is 2.16. The molecule has 0 aliphatic rings. The van der Waals surface area contributed by atoms with Crippen LogP contribution >= 0.6 is 0 Å². The van der Waals surface area contributed by atoms with E-state index in [0.717, 1.165) is 29.3 Å². The monoisotopic (exact) mass is 254 g/mol. The molecule has 4 heteroatoms. The third kappa shape index (κ3) is 1.63. The summed E-state index contributed by atoms with van der Waals surface area (Å²) in [5.74, 6) is 1.69. The van der Waals surface area contributed by atoms with Crippen LogP contribution in [0.15, 0.2) is 30.5 Å². The van der Waals surface area contributed by atoms with Gasteiger partial charge in [0.15, 0.2) is 0 Å². The number of hydrogen-bond donors (Lipinski definition) is 1. The lowest BCUT2D eigenvalue weighted by atomic mass is 10.1. The summed E-state index contributed by atoms with van der Waals surface area (Å²) in [6.07, 6.45) is 2.97. The van der Waals surface area contributed by atoms with Gasteiger partial charge in [-0.05, 0) is 12.5 Å². The molecule has 0 spiro atoms. The van der Waals surface area contributed by atoms with Crippen LogP contribution in [0.1, 0.15) is 12.6 Å². The number of nitrogen functional groups attached to an aromatic ring is 1. The van der Waals surface area contributed by atoms with Gasteiger partial charge in [-0.2, -0.15) is 0 Å². The van der Waals surface area contributed by atoms with Crippen molar-refractivity contribution < 1.29 is 0 Å². The van der Waals surface area contributed by atoms with Crippen LogP contribution in [-0.2, 0) is 20.5 Å². The predicted molar refractivity (Wildman–Crippen MR) is 78.9 cm³/mol. The summed E-state index contributed by atoms with van der Waals surface area (Å²) in [4.78, 5) is 4.69. The molecule has 4 nitrogen and oxygen atoms in total. The third-order valence-corrected chi connectivity index (χ3v) is 3.69. The van der Waals surface area contributed by atoms with E-state index in [-0.39, 0.29) is 0 Å². The molecule has 2 heterocycles. The number of hydrogen-bond acceptors (Lipinski definition) is 2. The van der Waals surface area contributed by atoms with Crippen LogP contribution in [0.3, 0.4) is 0 Å². The normalized spacial score (nSPS) is 11.3. The highest BCUT2D eigenvalue weighted by molar-refractivity contribution is 5.94. The first kappa shape index (κ1) is 11.8. The Balaban J connectivity index is 2.31. The highest BCUT2D eigenvalue weighted by atomic mass is 15.1. The van der Waals surface area contributed by atoms with Crippen LogP contribution in [0.5, 0.6) is 0 Å². The van der Waals surface area contributed by atoms with E-state index in [1.807, 2.05) is 11.6 Å². The molecule has 19 heavy (non-hydrogen) atoms. The van der Waals surface area contributed by atoms with E-state index >= 15 is 0 Å². The molecule has 1 aromatic carbocycles. The molecular weight excluding hydrogens is 236 g/mol. The Labute approximate surface area is 112 Å². The van der Waals surface area contributed by atoms with Crippen molar-refractivity contribution in [3.05, 3.63) is 36.2 Å². The first-order chi connectivity index (χ1) is 9.13. The Morgan fingerprint density at radius 2 is 1.95 bits per heavy atom. The van der Waals surface area contributed by atoms with Crippen LogP contribution < -0.4 is 5.73 Å². The van der Waals surface area contributed by atoms with Crippen molar-refractivity contribution in [1.82, 2.24) is 14.1 Å². The molecule has 0 aliphatic heterocycles. The third-order valence-electron chi connectivity index (χ3n) is 3.69. The molecule has 0 amide bonds. The maximum Gasteiger partial charge on any atom is 0.143 e. The lowest BCUT2D eigenvalue weighted by Gasteiger charge is -2.01. The van der Waals surface area contributed by atoms with Crippen molar-refractivity contribution in [2.45, 2.75) is 13.3 Å². The second kappa shape index (κ2) is 4.16. The summed E-state index contributed by atoms with van der Waals surface area (Å²) in [7, 11) is 4.03. The van der Waals surface area contributed by atoms with Gasteiger partial charge in [-0.25, -0.2) is 4.98 Å². The van der Waals surface area contributed by atoms with Gasteiger partial charge in [-0.1, -0.05) is 25.1 Å². The van der Waals surface area contributed by atoms with Crippen molar-refractivity contribution in [3.8, 4) is 11.4 Å². The summed E-state index contributed by atoms with van der Waals surface area (Å²) < 4.78 is 4.10. The quantitative estimate of drug-likeness (QED) is 0.764. The van der Waals surface area contributed by atoms with Gasteiger partial charge in [0.1, 0.15) is 11.6 Å². The fourth-order valence-electron chi connectivity index (χ4n) is 2.59. The van der Waals surface area contributed by atoms with Crippen molar-refractivity contribution in [2.24, 2.45) is 14.1 Å². The van der Waals surface area contributed by atoms with Crippen LogP contribution in [0.25, 0.3) is 22.3 Å². The summed E-state index contributed by atoms with van der Waals surface area (Å²) >= 11 is 0. The van der Waals surface area contributed by atoms with E-state index in [0.29, 0.717) is 0 Å². The highest BCUT2D eigenvalue weighted by Crippen LogP contribution is 2.31. The Kier molecular flexibility index (Phi) is 2.59. The molecule has 3 rings (SSSR count). The van der Waals surface area contributed by atoms with E-state index in [4.69, 9.17) is 5.73 Å². The van der Waals surface area contributed by atoms with Gasteiger partial charge in [0.25, 0.3) is 0 Å². The lowest BCUT2D eigenvalue weighted by molar-refractivity contribution is 0.929. The fourth-order valence-corrected chi connectivity index (χ4v) is 2.59. The van der Waals surface area contributed by atoms with Crippen LogP contribution in [0, 0.1) is 0 Å². The fraction of sp³-hybridized carbons (Fsp3) is 0.267. The van der Waals surface area contributed by atoms with E-state index < -0.39 is 0 Å². The summed E-state index contributed by atoms with van der Waals surface area (Å²) in [6, 6.07) is 8.35. The number of aromatic nitrogens is 3. The molecule has 2 aromatic heterocycles. The molecule has 98 valence electrons. The summed E-state index contributed by atoms with van der Waals surface area (Å²) in [5.41, 5.74) is 9.40. The van der Waals surface area contributed by atoms with Gasteiger partial charge in [-0.3, -0.25) is 0 Å². The van der Waals surface area contributed by atoms with Gasteiger partial charge >= 0.3 is 0 Å². The molecule has 0 fully saturated rings. The number of aryl methyl sites for hydroxylation is 2. The average Bonchev–Trinajstić information content (AvgIpc) is 2.90. The SMILES string of the molecule is CCc1nc(-c2cn(C)c3ccccc23)n(C)c1N. The molecule has 0 radical (unpaired) electrons. The Hall–Kier alpha value is -2.23. The zero-order chi connectivity index (χ0) is 13.6. The maximum atomic E-state index is 6.10. The zero-order valence-electron chi connectivity index (χ0n) is 11.5. The first-order valence-corrected chi connectivity index (χ1v) is 6.49. The Morgan fingerprint density at radius 3 is 2.63 bits per heavy atom. The molecule has 0 saturated heterocycles. The van der Waals surface area contributed by atoms with Crippen molar-refractivity contribution in [3.63, 3.8) is 0 Å². The van der Waals surface area contributed by atoms with E-state index in [9.17, 15) is 0 Å². The molecule has 2 N–H and O–H groups in total.